The number of hydrogen-bond donors (Lipinski definition) is 0. The quantitative estimate of drug-likeness (QED) is 0.111. The molecule has 0 N–H and O–H groups in total. The molecule has 0 heterocycles. The van der Waals surface area contributed by atoms with Crippen LogP contribution in [0.1, 0.15) is 130 Å². The van der Waals surface area contributed by atoms with Crippen molar-refractivity contribution in [1.82, 2.24) is 0 Å². The summed E-state index contributed by atoms with van der Waals surface area (Å²) in [5.74, 6) is 0.229. The van der Waals surface area contributed by atoms with Crippen LogP contribution in [0, 0.1) is 20.8 Å². The molecular formula is C66H70. The van der Waals surface area contributed by atoms with Crippen molar-refractivity contribution in [2.75, 3.05) is 0 Å². The first-order chi connectivity index (χ1) is 31.9. The molecule has 0 radical (unpaired) electrons. The lowest BCUT2D eigenvalue weighted by Gasteiger charge is -2.26. The third kappa shape index (κ3) is 9.72. The molecule has 0 fully saturated rings. The molecule has 0 spiro atoms. The Bertz CT molecular complexity index is 2920. The molecule has 66 heavy (non-hydrogen) atoms. The summed E-state index contributed by atoms with van der Waals surface area (Å²) in [6.45, 7) is 24.3. The van der Waals surface area contributed by atoms with Gasteiger partial charge in [0.05, 0.1) is 0 Å². The Morgan fingerprint density at radius 2 is 1.05 bits per heavy atom. The Balaban J connectivity index is 0.000000168. The summed E-state index contributed by atoms with van der Waals surface area (Å²) in [7, 11) is 0. The maximum Gasteiger partial charge on any atom is 0.0316 e. The van der Waals surface area contributed by atoms with E-state index in [9.17, 15) is 0 Å². The van der Waals surface area contributed by atoms with E-state index in [0.29, 0.717) is 0 Å². The van der Waals surface area contributed by atoms with Crippen molar-refractivity contribution in [3.63, 3.8) is 0 Å². The van der Waals surface area contributed by atoms with Gasteiger partial charge in [-0.2, -0.15) is 0 Å². The van der Waals surface area contributed by atoms with Crippen LogP contribution < -0.4 is 0 Å². The highest BCUT2D eigenvalue weighted by Gasteiger charge is 2.37. The Morgan fingerprint density at radius 3 is 1.62 bits per heavy atom. The van der Waals surface area contributed by atoms with E-state index in [1.54, 1.807) is 0 Å². The van der Waals surface area contributed by atoms with Gasteiger partial charge in [-0.3, -0.25) is 0 Å². The zero-order chi connectivity index (χ0) is 47.0. The molecule has 3 aliphatic rings. The van der Waals surface area contributed by atoms with E-state index < -0.39 is 0 Å². The molecule has 1 unspecified atom stereocenters. The van der Waals surface area contributed by atoms with Gasteiger partial charge >= 0.3 is 0 Å². The lowest BCUT2D eigenvalue weighted by atomic mass is 9.77. The molecule has 0 nitrogen and oxygen atoms in total. The van der Waals surface area contributed by atoms with Crippen LogP contribution in [0.3, 0.4) is 0 Å². The van der Waals surface area contributed by atoms with Crippen LogP contribution >= 0.6 is 0 Å². The second-order valence-electron chi connectivity index (χ2n) is 19.0. The lowest BCUT2D eigenvalue weighted by Crippen LogP contribution is -2.16. The second kappa shape index (κ2) is 20.8. The molecule has 10 rings (SSSR count). The molecule has 3 aliphatic carbocycles. The fourth-order valence-corrected chi connectivity index (χ4v) is 10.2. The summed E-state index contributed by atoms with van der Waals surface area (Å²) >= 11 is 0. The summed E-state index contributed by atoms with van der Waals surface area (Å²) in [5, 5.41) is 0. The molecule has 0 aromatic heterocycles. The number of hydrogen-bond acceptors (Lipinski definition) is 0. The van der Waals surface area contributed by atoms with Crippen LogP contribution in [0.4, 0.5) is 0 Å². The van der Waals surface area contributed by atoms with Gasteiger partial charge in [0.1, 0.15) is 0 Å². The molecule has 0 saturated heterocycles. The molecule has 0 saturated carbocycles. The SMILES string of the molecule is C/C=C/CC1=C(c2ccccc2C)C=C=CC1c1ccc2c(c1)C(C)(C)c1cc(C)ccc1-2.CC.CCCc1ccccc1.Cc1ccc2c(c1)C(C)(C)c1cc(-c3ccccc3)ccc1-2. The van der Waals surface area contributed by atoms with Gasteiger partial charge < -0.3 is 0 Å². The number of allylic oxidation sites excluding steroid dienone is 5. The molecule has 0 bridgehead atoms. The third-order valence-corrected chi connectivity index (χ3v) is 13.8. The standard InChI is InChI=1S/C33H32.C22H20.C9H12.C2H6/c1-6-7-12-28-26(14-10-15-27(28)25-13-9-8-11-23(25)3)24-17-19-30-29-18-16-22(2)20-31(29)33(4,5)32(30)21-24;1-15-9-11-18-19-12-10-17(16-7-5-4-6-8-16)14-21(19)22(2,3)20(18)13-15;1-2-6-9-7-4-3-5-8-9;1-2/h6-9,11,13-21,26H,12H2,1-5H3;4-14H,1-3H3;3-5,7-8H,2,6H2,1H3;1-2H3/b7-6+;;;. The average molecular weight is 863 g/mol. The van der Waals surface area contributed by atoms with Crippen LogP contribution in [0.5, 0.6) is 0 Å². The number of benzene rings is 7. The van der Waals surface area contributed by atoms with Crippen LogP contribution in [0.2, 0.25) is 0 Å². The van der Waals surface area contributed by atoms with Crippen molar-refractivity contribution in [2.24, 2.45) is 0 Å². The van der Waals surface area contributed by atoms with Gasteiger partial charge in [0, 0.05) is 16.7 Å². The number of fused-ring (bicyclic) bond motifs is 6. The van der Waals surface area contributed by atoms with Gasteiger partial charge in [0.15, 0.2) is 0 Å². The fourth-order valence-electron chi connectivity index (χ4n) is 10.2. The van der Waals surface area contributed by atoms with Crippen molar-refractivity contribution >= 4 is 5.57 Å². The van der Waals surface area contributed by atoms with Gasteiger partial charge in [0.2, 0.25) is 0 Å². The minimum absolute atomic E-state index is 0.00691. The normalized spacial score (nSPS) is 15.3. The van der Waals surface area contributed by atoms with Crippen LogP contribution in [0.15, 0.2) is 193 Å². The zero-order valence-electron chi connectivity index (χ0n) is 41.5. The Hall–Kier alpha value is -6.46. The molecule has 334 valence electrons. The van der Waals surface area contributed by atoms with Crippen molar-refractivity contribution in [3.05, 3.63) is 249 Å². The summed E-state index contributed by atoms with van der Waals surface area (Å²) in [6.07, 6.45) is 12.3. The Labute approximate surface area is 398 Å². The third-order valence-electron chi connectivity index (χ3n) is 13.8. The minimum atomic E-state index is 0.00691. The zero-order valence-corrected chi connectivity index (χ0v) is 41.5. The van der Waals surface area contributed by atoms with E-state index in [1.165, 1.54) is 113 Å². The van der Waals surface area contributed by atoms with E-state index in [1.807, 2.05) is 13.8 Å². The van der Waals surface area contributed by atoms with Crippen molar-refractivity contribution in [1.29, 1.82) is 0 Å². The van der Waals surface area contributed by atoms with E-state index >= 15 is 0 Å². The van der Waals surface area contributed by atoms with E-state index in [0.717, 1.165) is 6.42 Å². The smallest absolute Gasteiger partial charge is 0.0316 e. The molecule has 0 amide bonds. The molecule has 1 atom stereocenters. The van der Waals surface area contributed by atoms with Gasteiger partial charge in [-0.25, -0.2) is 0 Å². The highest BCUT2D eigenvalue weighted by molar-refractivity contribution is 5.85. The van der Waals surface area contributed by atoms with Crippen molar-refractivity contribution < 1.29 is 0 Å². The fraction of sp³-hybridized carbons (Fsp3) is 0.258. The summed E-state index contributed by atoms with van der Waals surface area (Å²) in [6, 6.07) is 57.7. The molecule has 7 aromatic rings. The first kappa shape index (κ1) is 47.5. The largest absolute Gasteiger partial charge is 0.124 e. The van der Waals surface area contributed by atoms with E-state index in [-0.39, 0.29) is 16.7 Å². The van der Waals surface area contributed by atoms with Crippen LogP contribution in [-0.2, 0) is 17.3 Å². The van der Waals surface area contributed by atoms with Crippen LogP contribution in [0.25, 0.3) is 39.0 Å². The lowest BCUT2D eigenvalue weighted by molar-refractivity contribution is 0.658. The highest BCUT2D eigenvalue weighted by atomic mass is 14.4. The second-order valence-corrected chi connectivity index (χ2v) is 19.0. The van der Waals surface area contributed by atoms with Gasteiger partial charge in [-0.15, -0.1) is 5.73 Å². The molecule has 7 aromatic carbocycles. The topological polar surface area (TPSA) is 0 Å². The minimum Gasteiger partial charge on any atom is -0.124 e. The summed E-state index contributed by atoms with van der Waals surface area (Å²) < 4.78 is 0. The first-order valence-corrected chi connectivity index (χ1v) is 24.4. The molecular weight excluding hydrogens is 793 g/mol. The number of rotatable bonds is 7. The van der Waals surface area contributed by atoms with E-state index in [4.69, 9.17) is 0 Å². The predicted molar refractivity (Wildman–Crippen MR) is 288 cm³/mol. The number of aryl methyl sites for hydroxylation is 4. The van der Waals surface area contributed by atoms with Crippen LogP contribution in [-0.4, -0.2) is 0 Å². The maximum absolute atomic E-state index is 3.50. The monoisotopic (exact) mass is 863 g/mol. The summed E-state index contributed by atoms with van der Waals surface area (Å²) in [4.78, 5) is 0. The van der Waals surface area contributed by atoms with Gasteiger partial charge in [-0.05, 0) is 148 Å². The molecule has 0 heteroatoms. The Morgan fingerprint density at radius 1 is 0.530 bits per heavy atom. The highest BCUT2D eigenvalue weighted by Crippen LogP contribution is 2.51. The van der Waals surface area contributed by atoms with Gasteiger partial charge in [-0.1, -0.05) is 230 Å². The first-order valence-electron chi connectivity index (χ1n) is 24.4. The van der Waals surface area contributed by atoms with Crippen molar-refractivity contribution in [2.45, 2.75) is 112 Å². The Kier molecular flexibility index (Phi) is 15.0. The summed E-state index contributed by atoms with van der Waals surface area (Å²) in [5.41, 5.74) is 28.3. The van der Waals surface area contributed by atoms with Gasteiger partial charge in [0.25, 0.3) is 0 Å². The van der Waals surface area contributed by atoms with Crippen molar-refractivity contribution in [3.8, 4) is 33.4 Å². The van der Waals surface area contributed by atoms with E-state index in [2.05, 4.69) is 250 Å². The maximum atomic E-state index is 3.50. The predicted octanol–water partition coefficient (Wildman–Crippen LogP) is 18.5. The average Bonchev–Trinajstić information content (AvgIpc) is 3.70. The molecule has 0 aliphatic heterocycles.